The van der Waals surface area contributed by atoms with Gasteiger partial charge in [-0.15, -0.1) is 0 Å². The Morgan fingerprint density at radius 1 is 1.10 bits per heavy atom. The van der Waals surface area contributed by atoms with Crippen molar-refractivity contribution in [2.45, 2.75) is 39.3 Å². The van der Waals surface area contributed by atoms with E-state index >= 15 is 0 Å². The number of benzene rings is 1. The van der Waals surface area contributed by atoms with Crippen LogP contribution in [0.5, 0.6) is 0 Å². The maximum absolute atomic E-state index is 12.8. The Morgan fingerprint density at radius 2 is 1.76 bits per heavy atom. The summed E-state index contributed by atoms with van der Waals surface area (Å²) >= 11 is 0. The molecule has 1 saturated heterocycles. The lowest BCUT2D eigenvalue weighted by Gasteiger charge is -2.40. The monoisotopic (exact) mass is 396 g/mol. The van der Waals surface area contributed by atoms with Crippen molar-refractivity contribution in [3.05, 3.63) is 52.8 Å². The van der Waals surface area contributed by atoms with Gasteiger partial charge in [0.25, 0.3) is 0 Å². The van der Waals surface area contributed by atoms with E-state index < -0.39 is 11.9 Å². The lowest BCUT2D eigenvalue weighted by molar-refractivity contribution is -0.137. The van der Waals surface area contributed by atoms with Crippen LogP contribution in [0.2, 0.25) is 0 Å². The van der Waals surface area contributed by atoms with Gasteiger partial charge in [0.1, 0.15) is 6.04 Å². The summed E-state index contributed by atoms with van der Waals surface area (Å²) in [6.07, 6.45) is 0.876. The molecule has 0 aliphatic carbocycles. The summed E-state index contributed by atoms with van der Waals surface area (Å²) in [5.41, 5.74) is 15.0. The van der Waals surface area contributed by atoms with E-state index in [4.69, 9.17) is 11.5 Å². The molecule has 1 aromatic carbocycles. The first-order valence-electron chi connectivity index (χ1n) is 9.80. The highest BCUT2D eigenvalue weighted by Crippen LogP contribution is 2.17. The number of piperazine rings is 1. The molecule has 0 spiro atoms. The number of carbonyl (C=O) groups is 2. The van der Waals surface area contributed by atoms with E-state index in [1.54, 1.807) is 4.90 Å². The Bertz CT molecular complexity index is 863. The Balaban J connectivity index is 1.62. The topological polar surface area (TPSA) is 118 Å². The van der Waals surface area contributed by atoms with Gasteiger partial charge in [-0.2, -0.15) is 0 Å². The van der Waals surface area contributed by atoms with Crippen LogP contribution in [0.1, 0.15) is 28.9 Å². The van der Waals surface area contributed by atoms with Crippen molar-refractivity contribution in [2.24, 2.45) is 5.73 Å². The Labute approximate surface area is 170 Å². The summed E-state index contributed by atoms with van der Waals surface area (Å²) in [7, 11) is 0. The van der Waals surface area contributed by atoms with Crippen LogP contribution < -0.4 is 11.5 Å². The zero-order valence-corrected chi connectivity index (χ0v) is 17.0. The fourth-order valence-corrected chi connectivity index (χ4v) is 3.84. The summed E-state index contributed by atoms with van der Waals surface area (Å²) in [5.74, 6) is -0.155. The van der Waals surface area contributed by atoms with Crippen LogP contribution in [0, 0.1) is 13.8 Å². The molecule has 0 saturated carbocycles. The number of primary amides is 1. The second-order valence-electron chi connectivity index (χ2n) is 7.45. The first-order valence-corrected chi connectivity index (χ1v) is 9.80. The number of aryl methyl sites for hydroxylation is 2. The lowest BCUT2D eigenvalue weighted by Crippen LogP contribution is -2.58. The fourth-order valence-electron chi connectivity index (χ4n) is 3.84. The maximum atomic E-state index is 12.8. The number of nitrogens with two attached hydrogens (primary N) is 2. The SMILES string of the molecule is Cc1nc(N)nc(C)c1CCC(=O)N1CCN(Cc2ccccc2)[C@H](C(N)=O)C1. The van der Waals surface area contributed by atoms with E-state index in [0.717, 1.165) is 22.5 Å². The maximum Gasteiger partial charge on any atom is 0.236 e. The van der Waals surface area contributed by atoms with E-state index in [0.29, 0.717) is 39.0 Å². The third-order valence-electron chi connectivity index (χ3n) is 5.43. The minimum absolute atomic E-state index is 0.00577. The number of aromatic nitrogens is 2. The molecule has 3 rings (SSSR count). The van der Waals surface area contributed by atoms with Crippen molar-refractivity contribution in [2.75, 3.05) is 25.4 Å². The van der Waals surface area contributed by atoms with Gasteiger partial charge < -0.3 is 16.4 Å². The van der Waals surface area contributed by atoms with E-state index in [2.05, 4.69) is 9.97 Å². The van der Waals surface area contributed by atoms with E-state index in [1.165, 1.54) is 0 Å². The summed E-state index contributed by atoms with van der Waals surface area (Å²) < 4.78 is 0. The van der Waals surface area contributed by atoms with Gasteiger partial charge in [0, 0.05) is 44.0 Å². The smallest absolute Gasteiger partial charge is 0.236 e. The average Bonchev–Trinajstić information content (AvgIpc) is 2.68. The van der Waals surface area contributed by atoms with E-state index in [-0.39, 0.29) is 11.9 Å². The molecule has 8 nitrogen and oxygen atoms in total. The Kier molecular flexibility index (Phi) is 6.43. The van der Waals surface area contributed by atoms with Crippen LogP contribution in [-0.4, -0.2) is 57.3 Å². The predicted octanol–water partition coefficient (Wildman–Crippen LogP) is 0.807. The number of hydrogen-bond acceptors (Lipinski definition) is 6. The van der Waals surface area contributed by atoms with Crippen molar-refractivity contribution in [3.63, 3.8) is 0 Å². The number of hydrogen-bond donors (Lipinski definition) is 2. The predicted molar refractivity (Wildman–Crippen MR) is 111 cm³/mol. The standard InChI is InChI=1S/C21H28N6O2/c1-14-17(15(2)25-21(23)24-14)8-9-19(28)27-11-10-26(18(13-27)20(22)29)12-16-6-4-3-5-7-16/h3-7,18H,8-13H2,1-2H3,(H2,22,29)(H2,23,24,25)/t18-/m0/s1. The number of amides is 2. The van der Waals surface area contributed by atoms with Crippen molar-refractivity contribution >= 4 is 17.8 Å². The summed E-state index contributed by atoms with van der Waals surface area (Å²) in [5, 5.41) is 0. The zero-order valence-electron chi connectivity index (χ0n) is 17.0. The third kappa shape index (κ3) is 5.08. The van der Waals surface area contributed by atoms with E-state index in [1.807, 2.05) is 49.1 Å². The summed E-state index contributed by atoms with van der Waals surface area (Å²) in [6.45, 7) is 5.88. The van der Waals surface area contributed by atoms with Gasteiger partial charge in [-0.3, -0.25) is 14.5 Å². The van der Waals surface area contributed by atoms with Crippen LogP contribution >= 0.6 is 0 Å². The molecule has 2 heterocycles. The molecular weight excluding hydrogens is 368 g/mol. The van der Waals surface area contributed by atoms with Gasteiger partial charge in [0.15, 0.2) is 0 Å². The molecule has 1 fully saturated rings. The second-order valence-corrected chi connectivity index (χ2v) is 7.45. The number of anilines is 1. The highest BCUT2D eigenvalue weighted by atomic mass is 16.2. The molecule has 4 N–H and O–H groups in total. The van der Waals surface area contributed by atoms with Crippen LogP contribution in [0.4, 0.5) is 5.95 Å². The second kappa shape index (κ2) is 9.00. The number of carbonyl (C=O) groups excluding carboxylic acids is 2. The van der Waals surface area contributed by atoms with Crippen molar-refractivity contribution in [1.82, 2.24) is 19.8 Å². The van der Waals surface area contributed by atoms with Crippen LogP contribution in [-0.2, 0) is 22.6 Å². The van der Waals surface area contributed by atoms with Crippen molar-refractivity contribution in [1.29, 1.82) is 0 Å². The molecule has 29 heavy (non-hydrogen) atoms. The molecule has 1 atom stereocenters. The van der Waals surface area contributed by atoms with Crippen molar-refractivity contribution in [3.8, 4) is 0 Å². The van der Waals surface area contributed by atoms with Gasteiger partial charge in [-0.05, 0) is 31.4 Å². The zero-order chi connectivity index (χ0) is 21.0. The average molecular weight is 396 g/mol. The van der Waals surface area contributed by atoms with Gasteiger partial charge >= 0.3 is 0 Å². The van der Waals surface area contributed by atoms with Gasteiger partial charge in [-0.25, -0.2) is 9.97 Å². The minimum atomic E-state index is -0.490. The molecule has 2 aromatic rings. The van der Waals surface area contributed by atoms with Gasteiger partial charge in [-0.1, -0.05) is 30.3 Å². The third-order valence-corrected chi connectivity index (χ3v) is 5.43. The molecule has 0 bridgehead atoms. The van der Waals surface area contributed by atoms with Crippen LogP contribution in [0.25, 0.3) is 0 Å². The Morgan fingerprint density at radius 3 is 2.38 bits per heavy atom. The number of nitrogens with zero attached hydrogens (tertiary/aromatic N) is 4. The van der Waals surface area contributed by atoms with Crippen molar-refractivity contribution < 1.29 is 9.59 Å². The highest BCUT2D eigenvalue weighted by Gasteiger charge is 2.32. The molecule has 2 amide bonds. The first kappa shape index (κ1) is 20.7. The molecule has 0 radical (unpaired) electrons. The largest absolute Gasteiger partial charge is 0.368 e. The highest BCUT2D eigenvalue weighted by molar-refractivity contribution is 5.82. The molecule has 0 unspecified atom stereocenters. The fraction of sp³-hybridized carbons (Fsp3) is 0.429. The van der Waals surface area contributed by atoms with Crippen LogP contribution in [0.15, 0.2) is 30.3 Å². The molecule has 1 aromatic heterocycles. The van der Waals surface area contributed by atoms with Crippen LogP contribution in [0.3, 0.4) is 0 Å². The molecule has 8 heteroatoms. The first-order chi connectivity index (χ1) is 13.8. The normalized spacial score (nSPS) is 17.3. The Hall–Kier alpha value is -3.00. The lowest BCUT2D eigenvalue weighted by atomic mass is 10.0. The minimum Gasteiger partial charge on any atom is -0.368 e. The molecular formula is C21H28N6O2. The number of rotatable bonds is 6. The number of nitrogen functional groups attached to an aromatic ring is 1. The molecule has 154 valence electrons. The van der Waals surface area contributed by atoms with E-state index in [9.17, 15) is 9.59 Å². The van der Waals surface area contributed by atoms with Gasteiger partial charge in [0.05, 0.1) is 0 Å². The molecule has 1 aliphatic rings. The summed E-state index contributed by atoms with van der Waals surface area (Å²) in [6, 6.07) is 9.46. The molecule has 1 aliphatic heterocycles. The quantitative estimate of drug-likeness (QED) is 0.746. The summed E-state index contributed by atoms with van der Waals surface area (Å²) in [4.78, 5) is 37.0. The van der Waals surface area contributed by atoms with Gasteiger partial charge in [0.2, 0.25) is 17.8 Å².